The van der Waals surface area contributed by atoms with E-state index in [-0.39, 0.29) is 53.0 Å². The quantitative estimate of drug-likeness (QED) is 0.342. The number of ketones is 1. The number of fused-ring (bicyclic) bond motifs is 2. The van der Waals surface area contributed by atoms with Gasteiger partial charge in [0.2, 0.25) is 0 Å². The molecule has 1 aromatic heterocycles. The Balaban J connectivity index is 0.00000400. The third-order valence-corrected chi connectivity index (χ3v) is 6.40. The molecule has 4 rings (SSSR count). The third-order valence-electron chi connectivity index (χ3n) is 6.40. The Morgan fingerprint density at radius 1 is 1.16 bits per heavy atom. The molecule has 0 spiro atoms. The van der Waals surface area contributed by atoms with Gasteiger partial charge in [-0.3, -0.25) is 19.8 Å². The summed E-state index contributed by atoms with van der Waals surface area (Å²) >= 11 is 0. The fourth-order valence-electron chi connectivity index (χ4n) is 4.58. The predicted octanol–water partition coefficient (Wildman–Crippen LogP) is 3.78. The van der Waals surface area contributed by atoms with Gasteiger partial charge in [0.05, 0.1) is 36.1 Å². The fourth-order valence-corrected chi connectivity index (χ4v) is 4.58. The van der Waals surface area contributed by atoms with E-state index in [1.165, 1.54) is 17.9 Å². The molecule has 38 heavy (non-hydrogen) atoms. The molecule has 0 radical (unpaired) electrons. The van der Waals surface area contributed by atoms with Gasteiger partial charge in [0.1, 0.15) is 18.1 Å². The highest BCUT2D eigenvalue weighted by atomic mass is 79.9. The zero-order valence-electron chi connectivity index (χ0n) is 22.0. The van der Waals surface area contributed by atoms with Crippen molar-refractivity contribution in [2.75, 3.05) is 20.2 Å². The van der Waals surface area contributed by atoms with Crippen LogP contribution in [0.3, 0.4) is 0 Å². The lowest BCUT2D eigenvalue weighted by atomic mass is 9.84. The molecule has 0 unspecified atom stereocenters. The van der Waals surface area contributed by atoms with E-state index in [0.717, 1.165) is 11.1 Å². The molecule has 202 valence electrons. The minimum absolute atomic E-state index is 0. The van der Waals surface area contributed by atoms with Crippen LogP contribution < -0.4 is 10.1 Å². The zero-order valence-corrected chi connectivity index (χ0v) is 23.8. The number of amides is 1. The van der Waals surface area contributed by atoms with Crippen molar-refractivity contribution < 1.29 is 24.2 Å². The Hall–Kier alpha value is -3.73. The number of aliphatic carboxylic acids is 1. The number of hydrogen-bond donors (Lipinski definition) is 3. The lowest BCUT2D eigenvalue weighted by Gasteiger charge is -2.22. The Kier molecular flexibility index (Phi) is 8.30. The first-order valence-corrected chi connectivity index (χ1v) is 12.0. The number of amidine groups is 1. The molecule has 1 aliphatic rings. The maximum atomic E-state index is 13.5. The summed E-state index contributed by atoms with van der Waals surface area (Å²) in [5.41, 5.74) is 3.90. The molecule has 0 saturated heterocycles. The minimum atomic E-state index is -1.00. The summed E-state index contributed by atoms with van der Waals surface area (Å²) in [6.45, 7) is 8.28. The summed E-state index contributed by atoms with van der Waals surface area (Å²) in [6, 6.07) is 6.88. The van der Waals surface area contributed by atoms with E-state index in [4.69, 9.17) is 10.1 Å². The Morgan fingerprint density at radius 2 is 1.87 bits per heavy atom. The van der Waals surface area contributed by atoms with Crippen LogP contribution in [0.4, 0.5) is 0 Å². The maximum Gasteiger partial charge on any atom is 0.323 e. The van der Waals surface area contributed by atoms with Crippen molar-refractivity contribution in [2.24, 2.45) is 0 Å². The van der Waals surface area contributed by atoms with Gasteiger partial charge in [0.25, 0.3) is 5.91 Å². The average Bonchev–Trinajstić information content (AvgIpc) is 3.36. The number of nitrogens with one attached hydrogen (secondary N) is 2. The van der Waals surface area contributed by atoms with Crippen LogP contribution in [-0.4, -0.2) is 63.3 Å². The Bertz CT molecular complexity index is 1440. The Morgan fingerprint density at radius 3 is 2.47 bits per heavy atom. The molecule has 3 N–H and O–H groups in total. The lowest BCUT2D eigenvalue weighted by molar-refractivity contribution is -0.137. The largest absolute Gasteiger partial charge is 0.493 e. The molecule has 2 aromatic carbocycles. The van der Waals surface area contributed by atoms with Gasteiger partial charge in [-0.25, -0.2) is 4.98 Å². The van der Waals surface area contributed by atoms with Crippen LogP contribution in [0, 0.1) is 5.41 Å². The van der Waals surface area contributed by atoms with Crippen LogP contribution in [0.2, 0.25) is 0 Å². The van der Waals surface area contributed by atoms with Gasteiger partial charge in [-0.05, 0) is 47.7 Å². The van der Waals surface area contributed by atoms with Crippen LogP contribution in [0.1, 0.15) is 65.1 Å². The molecule has 0 saturated carbocycles. The molecule has 1 amide bonds. The van der Waals surface area contributed by atoms with Gasteiger partial charge in [-0.15, -0.1) is 17.0 Å². The second-order valence-corrected chi connectivity index (χ2v) is 10.1. The molecule has 1 aliphatic heterocycles. The molecule has 2 heterocycles. The zero-order chi connectivity index (χ0) is 27.1. The van der Waals surface area contributed by atoms with Gasteiger partial charge in [-0.2, -0.15) is 0 Å². The number of ether oxygens (including phenoxy) is 1. The number of halogens is 1. The standard InChI is InChI=1S/C27H31N5O5.BrH/c1-6-37-22-9-16-11-31(25(28)17(16)10-18(22)26(36)29-5)12-21(33)15-7-19(27(2,3)4)24-20(8-15)32(14-30-24)13-23(34)35;/h7-10,14,28H,6,11-13H2,1-5H3,(H,29,36)(H,34,35);1H. The van der Waals surface area contributed by atoms with Gasteiger partial charge >= 0.3 is 5.97 Å². The van der Waals surface area contributed by atoms with Crippen molar-refractivity contribution >= 4 is 51.5 Å². The number of benzene rings is 2. The predicted molar refractivity (Wildman–Crippen MR) is 149 cm³/mol. The van der Waals surface area contributed by atoms with E-state index in [9.17, 15) is 19.5 Å². The maximum absolute atomic E-state index is 13.5. The molecule has 3 aromatic rings. The summed E-state index contributed by atoms with van der Waals surface area (Å²) in [5.74, 6) is -0.920. The van der Waals surface area contributed by atoms with E-state index in [1.54, 1.807) is 23.1 Å². The number of imidazole rings is 1. The first-order chi connectivity index (χ1) is 17.4. The van der Waals surface area contributed by atoms with Crippen molar-refractivity contribution in [1.82, 2.24) is 19.8 Å². The topological polar surface area (TPSA) is 138 Å². The summed E-state index contributed by atoms with van der Waals surface area (Å²) in [7, 11) is 1.53. The third kappa shape index (κ3) is 5.42. The molecule has 10 nitrogen and oxygen atoms in total. The number of carboxylic acid groups (broad SMARTS) is 1. The number of carbonyl (C=O) groups excluding carboxylic acids is 2. The second kappa shape index (κ2) is 10.9. The van der Waals surface area contributed by atoms with E-state index in [2.05, 4.69) is 10.3 Å². The molecule has 0 fully saturated rings. The highest BCUT2D eigenvalue weighted by molar-refractivity contribution is 8.93. The number of Topliss-reactive ketones (excluding diaryl/α,β-unsaturated/α-hetero) is 1. The molecular formula is C27H32BrN5O5. The van der Waals surface area contributed by atoms with Gasteiger partial charge in [0, 0.05) is 24.7 Å². The summed E-state index contributed by atoms with van der Waals surface area (Å²) in [4.78, 5) is 43.3. The summed E-state index contributed by atoms with van der Waals surface area (Å²) < 4.78 is 7.18. The van der Waals surface area contributed by atoms with E-state index >= 15 is 0 Å². The number of rotatable bonds is 8. The van der Waals surface area contributed by atoms with Gasteiger partial charge in [0.15, 0.2) is 5.78 Å². The first kappa shape index (κ1) is 28.8. The second-order valence-electron chi connectivity index (χ2n) is 10.1. The summed E-state index contributed by atoms with van der Waals surface area (Å²) in [6.07, 6.45) is 1.48. The van der Waals surface area contributed by atoms with Crippen LogP contribution >= 0.6 is 17.0 Å². The number of hydrogen-bond acceptors (Lipinski definition) is 6. The molecular weight excluding hydrogens is 554 g/mol. The fraction of sp³-hybridized carbons (Fsp3) is 0.370. The number of carboxylic acids is 1. The molecule has 0 aliphatic carbocycles. The van der Waals surface area contributed by atoms with Crippen molar-refractivity contribution in [3.05, 3.63) is 58.4 Å². The number of aromatic nitrogens is 2. The van der Waals surface area contributed by atoms with Crippen LogP contribution in [0.5, 0.6) is 5.75 Å². The average molecular weight is 586 g/mol. The van der Waals surface area contributed by atoms with Crippen LogP contribution in [0.15, 0.2) is 30.6 Å². The highest BCUT2D eigenvalue weighted by Gasteiger charge is 2.30. The monoisotopic (exact) mass is 585 g/mol. The van der Waals surface area contributed by atoms with Crippen LogP contribution in [-0.2, 0) is 23.3 Å². The van der Waals surface area contributed by atoms with E-state index < -0.39 is 5.97 Å². The molecule has 0 bridgehead atoms. The first-order valence-electron chi connectivity index (χ1n) is 12.0. The smallest absolute Gasteiger partial charge is 0.323 e. The van der Waals surface area contributed by atoms with Crippen molar-refractivity contribution in [1.29, 1.82) is 5.41 Å². The normalized spacial score (nSPS) is 12.8. The molecule has 11 heteroatoms. The lowest BCUT2D eigenvalue weighted by Crippen LogP contribution is -2.30. The van der Waals surface area contributed by atoms with E-state index in [1.807, 2.05) is 33.8 Å². The highest BCUT2D eigenvalue weighted by Crippen LogP contribution is 2.33. The van der Waals surface area contributed by atoms with Gasteiger partial charge in [-0.1, -0.05) is 20.8 Å². The number of nitrogens with zero attached hydrogens (tertiary/aromatic N) is 3. The van der Waals surface area contributed by atoms with E-state index in [0.29, 0.717) is 46.6 Å². The Labute approximate surface area is 231 Å². The number of carbonyl (C=O) groups is 3. The van der Waals surface area contributed by atoms with Crippen LogP contribution in [0.25, 0.3) is 11.0 Å². The van der Waals surface area contributed by atoms with Crippen molar-refractivity contribution in [3.63, 3.8) is 0 Å². The van der Waals surface area contributed by atoms with Crippen molar-refractivity contribution in [2.45, 2.75) is 46.2 Å². The SMILES string of the molecule is Br.CCOc1cc2c(cc1C(=O)NC)C(=N)N(CC(=O)c1cc(C(C)(C)C)c3ncn(CC(=O)O)c3c1)C2. The molecule has 0 atom stereocenters. The van der Waals surface area contributed by atoms with Gasteiger partial charge < -0.3 is 24.6 Å². The summed E-state index contributed by atoms with van der Waals surface area (Å²) in [5, 5.41) is 20.6. The minimum Gasteiger partial charge on any atom is -0.493 e. The van der Waals surface area contributed by atoms with Crippen molar-refractivity contribution in [3.8, 4) is 5.75 Å².